The van der Waals surface area contributed by atoms with Crippen LogP contribution in [0, 0.1) is 0 Å². The van der Waals surface area contributed by atoms with Gasteiger partial charge in [0, 0.05) is 39.1 Å². The number of Topliss-reactive ketones (excluding diaryl/α,β-unsaturated/α-hetero) is 1. The van der Waals surface area contributed by atoms with Crippen LogP contribution in [-0.2, 0) is 0 Å². The molecule has 1 saturated heterocycles. The van der Waals surface area contributed by atoms with Gasteiger partial charge >= 0.3 is 0 Å². The minimum Gasteiger partial charge on any atom is -0.391 e. The van der Waals surface area contributed by atoms with Crippen LogP contribution in [0.1, 0.15) is 16.1 Å². The Balaban J connectivity index is 1.76. The van der Waals surface area contributed by atoms with Gasteiger partial charge in [-0.25, -0.2) is 0 Å². The van der Waals surface area contributed by atoms with E-state index in [1.54, 1.807) is 6.07 Å². The summed E-state index contributed by atoms with van der Waals surface area (Å²) in [6.07, 6.45) is 0.601. The van der Waals surface area contributed by atoms with Crippen LogP contribution in [-0.4, -0.2) is 55.4 Å². The summed E-state index contributed by atoms with van der Waals surface area (Å²) in [5, 5.41) is 0.716. The van der Waals surface area contributed by atoms with E-state index in [9.17, 15) is 4.79 Å². The van der Waals surface area contributed by atoms with Crippen LogP contribution in [0.4, 0.5) is 5.00 Å². The molecule has 1 fully saturated rings. The Morgan fingerprint density at radius 2 is 2.06 bits per heavy atom. The molecule has 2 heterocycles. The summed E-state index contributed by atoms with van der Waals surface area (Å²) in [5.41, 5.74) is 5.62. The van der Waals surface area contributed by atoms with Gasteiger partial charge in [-0.2, -0.15) is 0 Å². The SMILES string of the molecule is CN1CCN(CCC(=O)c2ccc(N)s2)CC1. The van der Waals surface area contributed by atoms with E-state index in [-0.39, 0.29) is 5.78 Å². The lowest BCUT2D eigenvalue weighted by Gasteiger charge is -2.32. The first-order chi connectivity index (χ1) is 8.15. The third-order valence-corrected chi connectivity index (χ3v) is 4.11. The molecule has 0 aromatic carbocycles. The lowest BCUT2D eigenvalue weighted by atomic mass is 10.2. The fraction of sp³-hybridized carbons (Fsp3) is 0.583. The first-order valence-electron chi connectivity index (χ1n) is 5.94. The molecule has 0 unspecified atom stereocenters. The molecule has 0 saturated carbocycles. The Labute approximate surface area is 106 Å². The molecule has 2 N–H and O–H groups in total. The van der Waals surface area contributed by atoms with E-state index in [1.807, 2.05) is 6.07 Å². The van der Waals surface area contributed by atoms with E-state index in [1.165, 1.54) is 11.3 Å². The molecular weight excluding hydrogens is 234 g/mol. The zero-order valence-corrected chi connectivity index (χ0v) is 11.0. The minimum absolute atomic E-state index is 0.214. The average Bonchev–Trinajstić information content (AvgIpc) is 2.75. The van der Waals surface area contributed by atoms with Gasteiger partial charge in [-0.1, -0.05) is 0 Å². The normalized spacial score (nSPS) is 18.4. The summed E-state index contributed by atoms with van der Waals surface area (Å²) >= 11 is 1.38. The van der Waals surface area contributed by atoms with Crippen molar-refractivity contribution in [2.75, 3.05) is 45.5 Å². The summed E-state index contributed by atoms with van der Waals surface area (Å²) in [4.78, 5) is 17.3. The molecule has 1 aromatic rings. The topological polar surface area (TPSA) is 49.6 Å². The number of piperazine rings is 1. The number of nitrogens with two attached hydrogens (primary N) is 1. The largest absolute Gasteiger partial charge is 0.391 e. The van der Waals surface area contributed by atoms with E-state index in [2.05, 4.69) is 16.8 Å². The predicted molar refractivity (Wildman–Crippen MR) is 71.6 cm³/mol. The Kier molecular flexibility index (Phi) is 4.15. The molecule has 94 valence electrons. The predicted octanol–water partition coefficient (Wildman–Crippen LogP) is 1.15. The number of nitrogen functional groups attached to an aromatic ring is 1. The van der Waals surface area contributed by atoms with Crippen LogP contribution in [0.5, 0.6) is 0 Å². The summed E-state index contributed by atoms with van der Waals surface area (Å²) in [5.74, 6) is 0.214. The average molecular weight is 253 g/mol. The van der Waals surface area contributed by atoms with Gasteiger partial charge in [0.2, 0.25) is 0 Å². The molecule has 1 aliphatic heterocycles. The highest BCUT2D eigenvalue weighted by atomic mass is 32.1. The smallest absolute Gasteiger partial charge is 0.174 e. The van der Waals surface area contributed by atoms with Crippen molar-refractivity contribution in [1.82, 2.24) is 9.80 Å². The van der Waals surface area contributed by atoms with Crippen molar-refractivity contribution in [3.63, 3.8) is 0 Å². The number of anilines is 1. The van der Waals surface area contributed by atoms with E-state index in [4.69, 9.17) is 5.73 Å². The number of likely N-dealkylation sites (N-methyl/N-ethyl adjacent to an activating group) is 1. The highest BCUT2D eigenvalue weighted by molar-refractivity contribution is 7.17. The second-order valence-corrected chi connectivity index (χ2v) is 5.64. The molecule has 0 radical (unpaired) electrons. The lowest BCUT2D eigenvalue weighted by molar-refractivity contribution is 0.0945. The molecule has 5 heteroatoms. The molecule has 0 aliphatic carbocycles. The van der Waals surface area contributed by atoms with Crippen LogP contribution in [0.25, 0.3) is 0 Å². The first kappa shape index (κ1) is 12.5. The number of carbonyl (C=O) groups is 1. The van der Waals surface area contributed by atoms with Crippen LogP contribution in [0.15, 0.2) is 12.1 Å². The summed E-state index contributed by atoms with van der Waals surface area (Å²) in [6, 6.07) is 3.63. The van der Waals surface area contributed by atoms with E-state index < -0.39 is 0 Å². The van der Waals surface area contributed by atoms with Crippen molar-refractivity contribution in [2.24, 2.45) is 0 Å². The van der Waals surface area contributed by atoms with Crippen molar-refractivity contribution in [2.45, 2.75) is 6.42 Å². The molecule has 17 heavy (non-hydrogen) atoms. The van der Waals surface area contributed by atoms with Crippen LogP contribution >= 0.6 is 11.3 Å². The summed E-state index contributed by atoms with van der Waals surface area (Å²) in [7, 11) is 2.14. The standard InChI is InChI=1S/C12H19N3OS/c1-14-6-8-15(9-7-14)5-4-10(16)11-2-3-12(13)17-11/h2-3H,4-9,13H2,1H3. The number of rotatable bonds is 4. The van der Waals surface area contributed by atoms with Gasteiger partial charge in [0.05, 0.1) is 9.88 Å². The maximum atomic E-state index is 11.9. The Morgan fingerprint density at radius 1 is 1.35 bits per heavy atom. The Bertz CT molecular complexity index is 383. The van der Waals surface area contributed by atoms with Crippen LogP contribution in [0.3, 0.4) is 0 Å². The van der Waals surface area contributed by atoms with Gasteiger partial charge in [-0.3, -0.25) is 4.79 Å². The van der Waals surface area contributed by atoms with E-state index >= 15 is 0 Å². The van der Waals surface area contributed by atoms with E-state index in [0.29, 0.717) is 11.4 Å². The van der Waals surface area contributed by atoms with Crippen LogP contribution in [0.2, 0.25) is 0 Å². The van der Waals surface area contributed by atoms with Crippen molar-refractivity contribution in [3.05, 3.63) is 17.0 Å². The molecule has 0 amide bonds. The molecule has 1 aromatic heterocycles. The fourth-order valence-corrected chi connectivity index (χ4v) is 2.70. The number of carbonyl (C=O) groups excluding carboxylic acids is 1. The number of ketones is 1. The van der Waals surface area contributed by atoms with Gasteiger partial charge in [-0.15, -0.1) is 11.3 Å². The highest BCUT2D eigenvalue weighted by Gasteiger charge is 2.15. The number of nitrogens with zero attached hydrogens (tertiary/aromatic N) is 2. The quantitative estimate of drug-likeness (QED) is 0.818. The van der Waals surface area contributed by atoms with Gasteiger partial charge in [-0.05, 0) is 19.2 Å². The van der Waals surface area contributed by atoms with E-state index in [0.717, 1.165) is 37.6 Å². The number of thiophene rings is 1. The maximum Gasteiger partial charge on any atom is 0.174 e. The molecule has 0 bridgehead atoms. The summed E-state index contributed by atoms with van der Waals surface area (Å²) in [6.45, 7) is 5.19. The van der Waals surface area contributed by atoms with Crippen LogP contribution < -0.4 is 5.73 Å². The number of hydrogen-bond acceptors (Lipinski definition) is 5. The Morgan fingerprint density at radius 3 is 2.65 bits per heavy atom. The maximum absolute atomic E-state index is 11.9. The second kappa shape index (κ2) is 5.62. The molecular formula is C12H19N3OS. The zero-order chi connectivity index (χ0) is 12.3. The second-order valence-electron chi connectivity index (χ2n) is 4.52. The monoisotopic (exact) mass is 253 g/mol. The molecule has 0 atom stereocenters. The fourth-order valence-electron chi connectivity index (χ4n) is 1.96. The van der Waals surface area contributed by atoms with Crippen molar-refractivity contribution in [3.8, 4) is 0 Å². The van der Waals surface area contributed by atoms with Gasteiger partial charge in [0.25, 0.3) is 0 Å². The van der Waals surface area contributed by atoms with Gasteiger partial charge in [0.15, 0.2) is 5.78 Å². The zero-order valence-electron chi connectivity index (χ0n) is 10.2. The first-order valence-corrected chi connectivity index (χ1v) is 6.76. The minimum atomic E-state index is 0.214. The molecule has 2 rings (SSSR count). The van der Waals surface area contributed by atoms with Crippen molar-refractivity contribution >= 4 is 22.1 Å². The Hall–Kier alpha value is -0.910. The molecule has 1 aliphatic rings. The summed E-state index contributed by atoms with van der Waals surface area (Å²) < 4.78 is 0. The highest BCUT2D eigenvalue weighted by Crippen LogP contribution is 2.19. The molecule has 0 spiro atoms. The van der Waals surface area contributed by atoms with Crippen molar-refractivity contribution in [1.29, 1.82) is 0 Å². The molecule has 4 nitrogen and oxygen atoms in total. The third kappa shape index (κ3) is 3.52. The van der Waals surface area contributed by atoms with Gasteiger partial charge < -0.3 is 15.5 Å². The lowest BCUT2D eigenvalue weighted by Crippen LogP contribution is -2.44. The van der Waals surface area contributed by atoms with Gasteiger partial charge in [0.1, 0.15) is 0 Å². The third-order valence-electron chi connectivity index (χ3n) is 3.15. The number of hydrogen-bond donors (Lipinski definition) is 1. The van der Waals surface area contributed by atoms with Crippen molar-refractivity contribution < 1.29 is 4.79 Å².